The van der Waals surface area contributed by atoms with Crippen molar-refractivity contribution in [2.75, 3.05) is 12.0 Å². The van der Waals surface area contributed by atoms with Crippen LogP contribution in [-0.2, 0) is 9.59 Å². The van der Waals surface area contributed by atoms with Crippen molar-refractivity contribution in [3.63, 3.8) is 0 Å². The molecule has 1 aromatic rings. The van der Waals surface area contributed by atoms with Crippen molar-refractivity contribution < 1.29 is 18.8 Å². The highest BCUT2D eigenvalue weighted by Crippen LogP contribution is 2.37. The largest absolute Gasteiger partial charge is 0.348 e. The highest BCUT2D eigenvalue weighted by atomic mass is 19.1. The number of benzene rings is 1. The average Bonchev–Trinajstić information content (AvgIpc) is 3.39. The quantitative estimate of drug-likeness (QED) is 0.260. The molecule has 1 heterocycles. The Labute approximate surface area is 154 Å². The number of hydrogen-bond acceptors (Lipinski definition) is 6. The second-order valence-electron chi connectivity index (χ2n) is 6.61. The molecule has 1 saturated heterocycles. The van der Waals surface area contributed by atoms with Gasteiger partial charge in [0.15, 0.2) is 0 Å². The number of imide groups is 1. The van der Waals surface area contributed by atoms with Crippen molar-refractivity contribution in [2.24, 2.45) is 11.0 Å². The molecule has 9 nitrogen and oxygen atoms in total. The number of hydrazone groups is 1. The second kappa shape index (κ2) is 7.52. The maximum Gasteiger partial charge on any atom is 0.322 e. The minimum atomic E-state index is -1.18. The number of amides is 4. The lowest BCUT2D eigenvalue weighted by Crippen LogP contribution is -2.56. The lowest BCUT2D eigenvalue weighted by atomic mass is 9.92. The third kappa shape index (κ3) is 4.66. The topological polar surface area (TPSA) is 136 Å². The molecule has 2 fully saturated rings. The number of hydrogen-bond donors (Lipinski definition) is 5. The van der Waals surface area contributed by atoms with Crippen LogP contribution in [-0.4, -0.2) is 41.9 Å². The van der Waals surface area contributed by atoms with Crippen LogP contribution in [0, 0.1) is 17.1 Å². The second-order valence-corrected chi connectivity index (χ2v) is 6.61. The average molecular weight is 374 g/mol. The van der Waals surface area contributed by atoms with Crippen LogP contribution in [0.3, 0.4) is 0 Å². The van der Waals surface area contributed by atoms with Gasteiger partial charge in [0.25, 0.3) is 11.8 Å². The van der Waals surface area contributed by atoms with Crippen LogP contribution in [0.15, 0.2) is 29.4 Å². The maximum atomic E-state index is 12.8. The third-order valence-electron chi connectivity index (χ3n) is 4.38. The van der Waals surface area contributed by atoms with E-state index < -0.39 is 29.1 Å². The Morgan fingerprint density at radius 1 is 1.33 bits per heavy atom. The summed E-state index contributed by atoms with van der Waals surface area (Å²) in [7, 11) is 0. The Hall–Kier alpha value is -3.30. The molecule has 0 bridgehead atoms. The number of urea groups is 1. The van der Waals surface area contributed by atoms with Crippen molar-refractivity contribution in [1.82, 2.24) is 16.0 Å². The number of carbonyl (C=O) groups excluding carboxylic acids is 3. The van der Waals surface area contributed by atoms with E-state index in [1.54, 1.807) is 0 Å². The number of nitrogens with zero attached hydrogens (tertiary/aromatic N) is 1. The Bertz CT molecular complexity index is 805. The SMILES string of the molecule is N=C(/C=N\Nc1ccc(F)cc1)C(=O)NCC1(CC2CC2)NC(=O)NC1=O. The van der Waals surface area contributed by atoms with Gasteiger partial charge in [0.1, 0.15) is 17.1 Å². The van der Waals surface area contributed by atoms with E-state index in [4.69, 9.17) is 5.41 Å². The molecule has 1 aliphatic heterocycles. The molecule has 3 rings (SSSR count). The van der Waals surface area contributed by atoms with Crippen LogP contribution < -0.4 is 21.4 Å². The van der Waals surface area contributed by atoms with E-state index in [1.165, 1.54) is 24.3 Å². The van der Waals surface area contributed by atoms with E-state index in [0.29, 0.717) is 18.0 Å². The fourth-order valence-corrected chi connectivity index (χ4v) is 2.76. The summed E-state index contributed by atoms with van der Waals surface area (Å²) in [4.78, 5) is 35.7. The Morgan fingerprint density at radius 2 is 2.04 bits per heavy atom. The van der Waals surface area contributed by atoms with Crippen LogP contribution in [0.25, 0.3) is 0 Å². The van der Waals surface area contributed by atoms with Gasteiger partial charge in [0.05, 0.1) is 18.4 Å². The Balaban J connectivity index is 1.53. The molecular weight excluding hydrogens is 355 g/mol. The van der Waals surface area contributed by atoms with Gasteiger partial charge in [-0.25, -0.2) is 9.18 Å². The van der Waals surface area contributed by atoms with Crippen molar-refractivity contribution in [3.8, 4) is 0 Å². The van der Waals surface area contributed by atoms with E-state index >= 15 is 0 Å². The van der Waals surface area contributed by atoms with Crippen molar-refractivity contribution in [3.05, 3.63) is 30.1 Å². The zero-order chi connectivity index (χ0) is 19.4. The summed E-state index contributed by atoms with van der Waals surface area (Å²) < 4.78 is 12.8. The molecule has 1 unspecified atom stereocenters. The molecular formula is C17H19FN6O3. The first-order valence-electron chi connectivity index (χ1n) is 8.43. The molecule has 142 valence electrons. The van der Waals surface area contributed by atoms with E-state index in [-0.39, 0.29) is 12.4 Å². The van der Waals surface area contributed by atoms with E-state index in [9.17, 15) is 18.8 Å². The molecule has 1 saturated carbocycles. The van der Waals surface area contributed by atoms with Crippen LogP contribution in [0.2, 0.25) is 0 Å². The highest BCUT2D eigenvalue weighted by Gasteiger charge is 2.49. The zero-order valence-corrected chi connectivity index (χ0v) is 14.3. The van der Waals surface area contributed by atoms with Crippen molar-refractivity contribution >= 4 is 35.5 Å². The predicted octanol–water partition coefficient (Wildman–Crippen LogP) is 0.738. The van der Waals surface area contributed by atoms with Gasteiger partial charge in [-0.05, 0) is 36.6 Å². The molecule has 0 radical (unpaired) electrons. The minimum absolute atomic E-state index is 0.110. The van der Waals surface area contributed by atoms with E-state index in [1.807, 2.05) is 0 Å². The summed E-state index contributed by atoms with van der Waals surface area (Å²) >= 11 is 0. The van der Waals surface area contributed by atoms with Gasteiger partial charge in [0.2, 0.25) is 0 Å². The molecule has 1 aromatic carbocycles. The standard InChI is InChI=1S/C17H19FN6O3/c18-11-3-5-12(6-4-11)24-21-8-13(19)14(25)20-9-17(7-10-1-2-10)15(26)22-16(27)23-17/h3-6,8,10,19,24H,1-2,7,9H2,(H,20,25)(H2,22,23,26,27)/b19-13?,21-8-. The summed E-state index contributed by atoms with van der Waals surface area (Å²) in [6, 6.07) is 4.82. The number of halogens is 1. The molecule has 0 aromatic heterocycles. The van der Waals surface area contributed by atoms with Crippen LogP contribution in [0.4, 0.5) is 14.9 Å². The Morgan fingerprint density at radius 3 is 2.63 bits per heavy atom. The van der Waals surface area contributed by atoms with Crippen LogP contribution >= 0.6 is 0 Å². The van der Waals surface area contributed by atoms with Gasteiger partial charge in [-0.2, -0.15) is 5.10 Å². The summed E-state index contributed by atoms with van der Waals surface area (Å²) in [6.07, 6.45) is 3.41. The van der Waals surface area contributed by atoms with Gasteiger partial charge < -0.3 is 10.6 Å². The molecule has 4 amide bonds. The fourth-order valence-electron chi connectivity index (χ4n) is 2.76. The van der Waals surface area contributed by atoms with Crippen molar-refractivity contribution in [2.45, 2.75) is 24.8 Å². The number of nitrogens with one attached hydrogen (secondary N) is 5. The molecule has 0 spiro atoms. The lowest BCUT2D eigenvalue weighted by molar-refractivity contribution is -0.124. The molecule has 10 heteroatoms. The smallest absolute Gasteiger partial charge is 0.322 e. The molecule has 1 atom stereocenters. The zero-order valence-electron chi connectivity index (χ0n) is 14.3. The van der Waals surface area contributed by atoms with Gasteiger partial charge >= 0.3 is 6.03 Å². The fraction of sp³-hybridized carbons (Fsp3) is 0.353. The number of carbonyl (C=O) groups is 3. The third-order valence-corrected chi connectivity index (χ3v) is 4.38. The van der Waals surface area contributed by atoms with Gasteiger partial charge in [0, 0.05) is 0 Å². The van der Waals surface area contributed by atoms with Gasteiger partial charge in [-0.15, -0.1) is 0 Å². The normalized spacial score (nSPS) is 21.7. The Kier molecular flexibility index (Phi) is 5.15. The number of anilines is 1. The maximum absolute atomic E-state index is 12.8. The summed E-state index contributed by atoms with van der Waals surface area (Å²) in [5, 5.41) is 18.8. The van der Waals surface area contributed by atoms with Gasteiger partial charge in [-0.1, -0.05) is 12.8 Å². The molecule has 2 aliphatic rings. The summed E-state index contributed by atoms with van der Waals surface area (Å²) in [6.45, 7) is -0.110. The van der Waals surface area contributed by atoms with Crippen LogP contribution in [0.1, 0.15) is 19.3 Å². The summed E-state index contributed by atoms with van der Waals surface area (Å²) in [5.41, 5.74) is 1.45. The van der Waals surface area contributed by atoms with E-state index in [2.05, 4.69) is 26.5 Å². The first kappa shape index (κ1) is 18.5. The van der Waals surface area contributed by atoms with Crippen LogP contribution in [0.5, 0.6) is 0 Å². The molecule has 5 N–H and O–H groups in total. The van der Waals surface area contributed by atoms with E-state index in [0.717, 1.165) is 19.1 Å². The summed E-state index contributed by atoms with van der Waals surface area (Å²) in [5.74, 6) is -1.26. The van der Waals surface area contributed by atoms with Gasteiger partial charge in [-0.3, -0.25) is 25.7 Å². The minimum Gasteiger partial charge on any atom is -0.348 e. The first-order valence-corrected chi connectivity index (χ1v) is 8.43. The predicted molar refractivity (Wildman–Crippen MR) is 96.0 cm³/mol. The molecule has 27 heavy (non-hydrogen) atoms. The van der Waals surface area contributed by atoms with Crippen molar-refractivity contribution in [1.29, 1.82) is 5.41 Å². The monoisotopic (exact) mass is 374 g/mol. The highest BCUT2D eigenvalue weighted by molar-refractivity contribution is 6.59. The number of rotatable bonds is 8. The lowest BCUT2D eigenvalue weighted by Gasteiger charge is -2.26. The molecule has 1 aliphatic carbocycles. The first-order chi connectivity index (χ1) is 12.9.